The molecule has 1 amide bonds. The summed E-state index contributed by atoms with van der Waals surface area (Å²) < 4.78 is 25.6. The van der Waals surface area contributed by atoms with Crippen molar-refractivity contribution in [2.24, 2.45) is 0 Å². The lowest BCUT2D eigenvalue weighted by atomic mass is 10.2. The number of carbonyl (C=O) groups is 1. The summed E-state index contributed by atoms with van der Waals surface area (Å²) in [6.45, 7) is 1.42. The predicted molar refractivity (Wildman–Crippen MR) is 87.4 cm³/mol. The van der Waals surface area contributed by atoms with Gasteiger partial charge in [-0.15, -0.1) is 0 Å². The molecule has 0 radical (unpaired) electrons. The van der Waals surface area contributed by atoms with Gasteiger partial charge in [0.1, 0.15) is 30.1 Å². The average Bonchev–Trinajstić information content (AvgIpc) is 3.19. The van der Waals surface area contributed by atoms with E-state index < -0.39 is 5.82 Å². The van der Waals surface area contributed by atoms with Crippen LogP contribution in [0.2, 0.25) is 5.02 Å². The van der Waals surface area contributed by atoms with Crippen molar-refractivity contribution in [2.45, 2.75) is 31.8 Å². The van der Waals surface area contributed by atoms with Crippen LogP contribution in [0.25, 0.3) is 0 Å². The number of carbonyl (C=O) groups excluding carboxylic acids is 1. The van der Waals surface area contributed by atoms with Crippen LogP contribution in [0, 0.1) is 5.82 Å². The van der Waals surface area contributed by atoms with E-state index in [4.69, 9.17) is 21.1 Å². The molecule has 1 saturated heterocycles. The molecule has 128 valence electrons. The van der Waals surface area contributed by atoms with E-state index in [9.17, 15) is 9.18 Å². The largest absolute Gasteiger partial charge is 0.497 e. The van der Waals surface area contributed by atoms with Gasteiger partial charge in [0, 0.05) is 6.07 Å². The summed E-state index contributed by atoms with van der Waals surface area (Å²) in [5.41, 5.74) is 0.640. The number of halogens is 2. The summed E-state index contributed by atoms with van der Waals surface area (Å²) in [6.07, 6.45) is 5.76. The zero-order valence-electron chi connectivity index (χ0n) is 13.1. The molecule has 24 heavy (non-hydrogen) atoms. The first-order chi connectivity index (χ1) is 11.6. The van der Waals surface area contributed by atoms with Crippen molar-refractivity contribution >= 4 is 23.2 Å². The molecule has 1 aromatic carbocycles. The maximum atomic E-state index is 14.4. The van der Waals surface area contributed by atoms with Gasteiger partial charge in [0.15, 0.2) is 0 Å². The molecule has 0 atom stereocenters. The maximum Gasteiger partial charge on any atom is 0.279 e. The molecule has 0 aromatic heterocycles. The van der Waals surface area contributed by atoms with E-state index in [1.165, 1.54) is 23.3 Å². The fraction of sp³-hybridized carbons (Fsp3) is 0.471. The molecule has 1 saturated carbocycles. The smallest absolute Gasteiger partial charge is 0.279 e. The Hall–Kier alpha value is -1.95. The molecule has 0 unspecified atom stereocenters. The Kier molecular flexibility index (Phi) is 4.00. The summed E-state index contributed by atoms with van der Waals surface area (Å²) in [5.74, 6) is -0.376. The molecule has 1 aliphatic carbocycles. The first-order valence-corrected chi connectivity index (χ1v) is 8.55. The predicted octanol–water partition coefficient (Wildman–Crippen LogP) is 3.28. The van der Waals surface area contributed by atoms with Crippen LogP contribution in [-0.4, -0.2) is 36.7 Å². The molecule has 0 N–H and O–H groups in total. The average molecular weight is 353 g/mol. The van der Waals surface area contributed by atoms with Gasteiger partial charge >= 0.3 is 0 Å². The third kappa shape index (κ3) is 2.69. The Morgan fingerprint density at radius 1 is 1.29 bits per heavy atom. The van der Waals surface area contributed by atoms with Gasteiger partial charge < -0.3 is 14.4 Å². The van der Waals surface area contributed by atoms with Gasteiger partial charge in [-0.2, -0.15) is 0 Å². The lowest BCUT2D eigenvalue weighted by Crippen LogP contribution is -2.30. The molecule has 2 aliphatic heterocycles. The quantitative estimate of drug-likeness (QED) is 0.837. The summed E-state index contributed by atoms with van der Waals surface area (Å²) in [4.78, 5) is 15.8. The summed E-state index contributed by atoms with van der Waals surface area (Å²) in [5, 5.41) is 0.232. The molecule has 7 heteroatoms. The first-order valence-electron chi connectivity index (χ1n) is 8.18. The van der Waals surface area contributed by atoms with Crippen molar-refractivity contribution in [1.29, 1.82) is 0 Å². The highest BCUT2D eigenvalue weighted by molar-refractivity contribution is 6.32. The standard InChI is InChI=1S/C17H18ClFN2O3/c18-12-7-13(19)14(8-16(12)24-11-3-1-2-4-11)21-10-20-5-6-23-9-15(20)17(21)22/h7-9,11H,1-6,10H2. The van der Waals surface area contributed by atoms with Crippen LogP contribution in [0.5, 0.6) is 5.75 Å². The van der Waals surface area contributed by atoms with E-state index in [1.54, 1.807) is 0 Å². The minimum absolute atomic E-state index is 0.109. The van der Waals surface area contributed by atoms with E-state index in [2.05, 4.69) is 0 Å². The lowest BCUT2D eigenvalue weighted by molar-refractivity contribution is -0.114. The van der Waals surface area contributed by atoms with Gasteiger partial charge in [0.05, 0.1) is 30.0 Å². The lowest BCUT2D eigenvalue weighted by Gasteiger charge is -2.22. The topological polar surface area (TPSA) is 42.0 Å². The number of anilines is 1. The second-order valence-corrected chi connectivity index (χ2v) is 6.68. The Morgan fingerprint density at radius 2 is 2.08 bits per heavy atom. The molecule has 2 heterocycles. The second-order valence-electron chi connectivity index (χ2n) is 6.27. The molecule has 0 bridgehead atoms. The fourth-order valence-electron chi connectivity index (χ4n) is 3.39. The van der Waals surface area contributed by atoms with E-state index in [-0.39, 0.29) is 22.7 Å². The zero-order chi connectivity index (χ0) is 16.7. The van der Waals surface area contributed by atoms with Crippen LogP contribution in [0.15, 0.2) is 24.1 Å². The Morgan fingerprint density at radius 3 is 2.83 bits per heavy atom. The normalized spacial score (nSPS) is 20.9. The van der Waals surface area contributed by atoms with Gasteiger partial charge in [0.25, 0.3) is 5.91 Å². The minimum Gasteiger partial charge on any atom is -0.497 e. The minimum atomic E-state index is -0.534. The van der Waals surface area contributed by atoms with Crippen molar-refractivity contribution in [3.8, 4) is 5.75 Å². The monoisotopic (exact) mass is 352 g/mol. The molecule has 0 spiro atoms. The number of nitrogens with zero attached hydrogens (tertiary/aromatic N) is 2. The molecule has 3 aliphatic rings. The van der Waals surface area contributed by atoms with Gasteiger partial charge in [-0.1, -0.05) is 11.6 Å². The highest BCUT2D eigenvalue weighted by Crippen LogP contribution is 2.37. The molecular formula is C17H18ClFN2O3. The van der Waals surface area contributed by atoms with Gasteiger partial charge in [0.2, 0.25) is 0 Å². The number of hydrogen-bond acceptors (Lipinski definition) is 4. The molecule has 5 nitrogen and oxygen atoms in total. The van der Waals surface area contributed by atoms with Gasteiger partial charge in [-0.05, 0) is 31.7 Å². The number of ether oxygens (including phenoxy) is 2. The van der Waals surface area contributed by atoms with Crippen molar-refractivity contribution in [2.75, 3.05) is 24.7 Å². The van der Waals surface area contributed by atoms with Crippen LogP contribution in [-0.2, 0) is 9.53 Å². The second kappa shape index (κ2) is 6.16. The molecular weight excluding hydrogens is 335 g/mol. The van der Waals surface area contributed by atoms with Crippen molar-refractivity contribution in [3.63, 3.8) is 0 Å². The van der Waals surface area contributed by atoms with Gasteiger partial charge in [-0.25, -0.2) is 4.39 Å². The number of hydrogen-bond donors (Lipinski definition) is 0. The van der Waals surface area contributed by atoms with Crippen LogP contribution in [0.3, 0.4) is 0 Å². The highest BCUT2D eigenvalue weighted by Gasteiger charge is 2.37. The van der Waals surface area contributed by atoms with E-state index >= 15 is 0 Å². The van der Waals surface area contributed by atoms with Crippen LogP contribution >= 0.6 is 11.6 Å². The number of fused-ring (bicyclic) bond motifs is 1. The third-order valence-corrected chi connectivity index (χ3v) is 4.97. The summed E-state index contributed by atoms with van der Waals surface area (Å²) >= 11 is 6.13. The van der Waals surface area contributed by atoms with Crippen molar-refractivity contribution in [1.82, 2.24) is 4.90 Å². The van der Waals surface area contributed by atoms with Crippen molar-refractivity contribution < 1.29 is 18.7 Å². The Labute approximate surface area is 144 Å². The van der Waals surface area contributed by atoms with Crippen molar-refractivity contribution in [3.05, 3.63) is 34.9 Å². The molecule has 4 rings (SSSR count). The number of benzene rings is 1. The zero-order valence-corrected chi connectivity index (χ0v) is 13.9. The van der Waals surface area contributed by atoms with E-state index in [0.717, 1.165) is 25.7 Å². The molecule has 1 aromatic rings. The summed E-state index contributed by atoms with van der Waals surface area (Å²) in [7, 11) is 0. The summed E-state index contributed by atoms with van der Waals surface area (Å²) in [6, 6.07) is 2.75. The Bertz CT molecular complexity index is 703. The fourth-order valence-corrected chi connectivity index (χ4v) is 3.58. The van der Waals surface area contributed by atoms with Crippen LogP contribution in [0.4, 0.5) is 10.1 Å². The Balaban J connectivity index is 1.64. The van der Waals surface area contributed by atoms with Crippen LogP contribution < -0.4 is 9.64 Å². The third-order valence-electron chi connectivity index (χ3n) is 4.68. The van der Waals surface area contributed by atoms with E-state index in [0.29, 0.717) is 31.3 Å². The number of amides is 1. The number of rotatable bonds is 3. The van der Waals surface area contributed by atoms with Crippen LogP contribution in [0.1, 0.15) is 25.7 Å². The first kappa shape index (κ1) is 15.6. The van der Waals surface area contributed by atoms with E-state index in [1.807, 2.05) is 4.90 Å². The highest BCUT2D eigenvalue weighted by atomic mass is 35.5. The maximum absolute atomic E-state index is 14.4. The molecule has 2 fully saturated rings. The SMILES string of the molecule is O=C1C2=COCCN2CN1c1cc(OC2CCCC2)c(Cl)cc1F. The van der Waals surface area contributed by atoms with Gasteiger partial charge in [-0.3, -0.25) is 9.69 Å².